The molecule has 0 saturated heterocycles. The van der Waals surface area contributed by atoms with Crippen molar-refractivity contribution in [2.45, 2.75) is 0 Å². The lowest BCUT2D eigenvalue weighted by Crippen LogP contribution is -1.78. The van der Waals surface area contributed by atoms with Crippen molar-refractivity contribution in [3.63, 3.8) is 0 Å². The highest BCUT2D eigenvalue weighted by molar-refractivity contribution is 9.10. The van der Waals surface area contributed by atoms with Crippen LogP contribution in [-0.2, 0) is 0 Å². The van der Waals surface area contributed by atoms with Gasteiger partial charge in [-0.3, -0.25) is 0 Å². The number of nitrogens with zero attached hydrogens (tertiary/aromatic N) is 3. The molecule has 6 heteroatoms. The van der Waals surface area contributed by atoms with E-state index in [1.807, 2.05) is 6.07 Å². The van der Waals surface area contributed by atoms with E-state index >= 15 is 0 Å². The predicted octanol–water partition coefficient (Wildman–Crippen LogP) is 2.38. The topological polar surface area (TPSA) is 67.6 Å². The zero-order valence-electron chi connectivity index (χ0n) is 7.44. The molecule has 3 aromatic rings. The van der Waals surface area contributed by atoms with Crippen LogP contribution in [0.15, 0.2) is 33.6 Å². The minimum absolute atomic E-state index is 0.657. The smallest absolute Gasteiger partial charge is 0.178 e. The fourth-order valence-corrected chi connectivity index (χ4v) is 1.66. The molecular weight excluding hydrogens is 260 g/mol. The van der Waals surface area contributed by atoms with Crippen LogP contribution in [0.2, 0.25) is 0 Å². The van der Waals surface area contributed by atoms with Crippen LogP contribution in [0.25, 0.3) is 22.7 Å². The average molecular weight is 265 g/mol. The van der Waals surface area contributed by atoms with Crippen LogP contribution in [0.4, 0.5) is 0 Å². The summed E-state index contributed by atoms with van der Waals surface area (Å²) in [5.41, 5.74) is 2.20. The largest absolute Gasteiger partial charge is 0.364 e. The van der Waals surface area contributed by atoms with Gasteiger partial charge in [-0.05, 0) is 22.0 Å². The van der Waals surface area contributed by atoms with Crippen molar-refractivity contribution in [3.8, 4) is 11.5 Å². The van der Waals surface area contributed by atoms with Gasteiger partial charge in [0, 0.05) is 16.7 Å². The SMILES string of the molecule is Brc1cnc2nc(-c3ccon3)[nH]c2c1. The predicted molar refractivity (Wildman–Crippen MR) is 57.1 cm³/mol. The lowest BCUT2D eigenvalue weighted by Gasteiger charge is -1.86. The lowest BCUT2D eigenvalue weighted by atomic mass is 10.4. The Bertz CT molecular complexity index is 602. The molecule has 74 valence electrons. The number of pyridine rings is 1. The molecule has 5 nitrogen and oxygen atoms in total. The number of halogens is 1. The van der Waals surface area contributed by atoms with E-state index in [0.717, 1.165) is 9.99 Å². The first-order chi connectivity index (χ1) is 7.33. The van der Waals surface area contributed by atoms with E-state index in [2.05, 4.69) is 36.0 Å². The molecule has 0 aliphatic heterocycles. The number of rotatable bonds is 1. The van der Waals surface area contributed by atoms with E-state index in [4.69, 9.17) is 4.52 Å². The summed E-state index contributed by atoms with van der Waals surface area (Å²) in [6.45, 7) is 0. The Kier molecular flexibility index (Phi) is 1.81. The highest BCUT2D eigenvalue weighted by atomic mass is 79.9. The van der Waals surface area contributed by atoms with Gasteiger partial charge in [0.2, 0.25) is 0 Å². The molecule has 0 spiro atoms. The molecule has 0 atom stereocenters. The summed E-state index contributed by atoms with van der Waals surface area (Å²) < 4.78 is 5.66. The van der Waals surface area contributed by atoms with Crippen molar-refractivity contribution in [2.24, 2.45) is 0 Å². The van der Waals surface area contributed by atoms with E-state index in [1.54, 1.807) is 12.3 Å². The van der Waals surface area contributed by atoms with Gasteiger partial charge < -0.3 is 9.51 Å². The number of H-pyrrole nitrogens is 1. The molecule has 0 fully saturated rings. The summed E-state index contributed by atoms with van der Waals surface area (Å²) >= 11 is 3.35. The van der Waals surface area contributed by atoms with Crippen LogP contribution in [0.1, 0.15) is 0 Å². The molecule has 0 bridgehead atoms. The molecule has 3 rings (SSSR count). The number of hydrogen-bond donors (Lipinski definition) is 1. The number of aromatic amines is 1. The Balaban J connectivity index is 2.22. The van der Waals surface area contributed by atoms with Gasteiger partial charge in [-0.15, -0.1) is 0 Å². The first-order valence-corrected chi connectivity index (χ1v) is 5.04. The summed E-state index contributed by atoms with van der Waals surface area (Å²) in [7, 11) is 0. The van der Waals surface area contributed by atoms with Gasteiger partial charge in [-0.2, -0.15) is 0 Å². The zero-order chi connectivity index (χ0) is 10.3. The van der Waals surface area contributed by atoms with Crippen LogP contribution >= 0.6 is 15.9 Å². The van der Waals surface area contributed by atoms with Crippen molar-refractivity contribution in [1.82, 2.24) is 20.1 Å². The maximum atomic E-state index is 4.75. The van der Waals surface area contributed by atoms with E-state index in [9.17, 15) is 0 Å². The first-order valence-electron chi connectivity index (χ1n) is 4.25. The quantitative estimate of drug-likeness (QED) is 0.733. The third-order valence-electron chi connectivity index (χ3n) is 1.98. The molecule has 0 saturated carbocycles. The maximum Gasteiger partial charge on any atom is 0.178 e. The van der Waals surface area contributed by atoms with Gasteiger partial charge in [0.05, 0.1) is 5.52 Å². The zero-order valence-corrected chi connectivity index (χ0v) is 9.02. The fraction of sp³-hybridized carbons (Fsp3) is 0. The molecule has 1 N–H and O–H groups in total. The highest BCUT2D eigenvalue weighted by Crippen LogP contribution is 2.19. The minimum atomic E-state index is 0.657. The number of nitrogens with one attached hydrogen (secondary N) is 1. The van der Waals surface area contributed by atoms with Crippen molar-refractivity contribution in [2.75, 3.05) is 0 Å². The third-order valence-corrected chi connectivity index (χ3v) is 2.42. The van der Waals surface area contributed by atoms with Crippen LogP contribution in [-0.4, -0.2) is 20.1 Å². The second kappa shape index (κ2) is 3.16. The van der Waals surface area contributed by atoms with Gasteiger partial charge in [0.1, 0.15) is 12.0 Å². The number of aromatic nitrogens is 4. The second-order valence-corrected chi connectivity index (χ2v) is 3.91. The van der Waals surface area contributed by atoms with Gasteiger partial charge in [-0.1, -0.05) is 5.16 Å². The Labute approximate surface area is 92.7 Å². The van der Waals surface area contributed by atoms with Crippen molar-refractivity contribution >= 4 is 27.1 Å². The summed E-state index contributed by atoms with van der Waals surface area (Å²) in [4.78, 5) is 11.6. The van der Waals surface area contributed by atoms with Crippen molar-refractivity contribution in [3.05, 3.63) is 29.1 Å². The fourth-order valence-electron chi connectivity index (χ4n) is 1.33. The Morgan fingerprint density at radius 3 is 3.13 bits per heavy atom. The Hall–Kier alpha value is -1.69. The second-order valence-electron chi connectivity index (χ2n) is 2.99. The number of fused-ring (bicyclic) bond motifs is 1. The molecule has 15 heavy (non-hydrogen) atoms. The van der Waals surface area contributed by atoms with E-state index in [-0.39, 0.29) is 0 Å². The summed E-state index contributed by atoms with van der Waals surface area (Å²) in [6.07, 6.45) is 3.21. The highest BCUT2D eigenvalue weighted by Gasteiger charge is 2.08. The maximum absolute atomic E-state index is 4.75. The van der Waals surface area contributed by atoms with E-state index in [0.29, 0.717) is 17.2 Å². The normalized spacial score (nSPS) is 11.0. The Morgan fingerprint density at radius 1 is 1.40 bits per heavy atom. The summed E-state index contributed by atoms with van der Waals surface area (Å²) in [5, 5.41) is 3.80. The number of imidazole rings is 1. The van der Waals surface area contributed by atoms with Crippen molar-refractivity contribution < 1.29 is 4.52 Å². The third kappa shape index (κ3) is 1.42. The van der Waals surface area contributed by atoms with Gasteiger partial charge in [-0.25, -0.2) is 9.97 Å². The minimum Gasteiger partial charge on any atom is -0.364 e. The van der Waals surface area contributed by atoms with Crippen molar-refractivity contribution in [1.29, 1.82) is 0 Å². The molecule has 0 aliphatic rings. The van der Waals surface area contributed by atoms with E-state index < -0.39 is 0 Å². The Morgan fingerprint density at radius 2 is 2.33 bits per heavy atom. The molecule has 0 radical (unpaired) electrons. The summed E-state index contributed by atoms with van der Waals surface area (Å²) in [6, 6.07) is 3.66. The van der Waals surface area contributed by atoms with Crippen LogP contribution < -0.4 is 0 Å². The molecule has 0 amide bonds. The van der Waals surface area contributed by atoms with Gasteiger partial charge >= 0.3 is 0 Å². The van der Waals surface area contributed by atoms with Crippen LogP contribution in [0, 0.1) is 0 Å². The molecule has 0 aliphatic carbocycles. The molecular formula is C9H5BrN4O. The van der Waals surface area contributed by atoms with Gasteiger partial charge in [0.15, 0.2) is 11.5 Å². The molecule has 0 unspecified atom stereocenters. The number of hydrogen-bond acceptors (Lipinski definition) is 4. The standard InChI is InChI=1S/C9H5BrN4O/c10-5-3-7-8(11-4-5)13-9(12-7)6-1-2-15-14-6/h1-4H,(H,11,12,13). The molecule has 3 heterocycles. The monoisotopic (exact) mass is 264 g/mol. The summed E-state index contributed by atoms with van der Waals surface area (Å²) in [5.74, 6) is 0.657. The van der Waals surface area contributed by atoms with Crippen LogP contribution in [0.3, 0.4) is 0 Å². The van der Waals surface area contributed by atoms with Crippen LogP contribution in [0.5, 0.6) is 0 Å². The van der Waals surface area contributed by atoms with Gasteiger partial charge in [0.25, 0.3) is 0 Å². The van der Waals surface area contributed by atoms with E-state index in [1.165, 1.54) is 6.26 Å². The average Bonchev–Trinajstić information content (AvgIpc) is 2.84. The molecule has 0 aromatic carbocycles. The molecule has 3 aromatic heterocycles. The lowest BCUT2D eigenvalue weighted by molar-refractivity contribution is 0.422. The first kappa shape index (κ1) is 8.60.